The van der Waals surface area contributed by atoms with E-state index in [2.05, 4.69) is 15.6 Å². The van der Waals surface area contributed by atoms with E-state index >= 15 is 0 Å². The van der Waals surface area contributed by atoms with Gasteiger partial charge in [0.05, 0.1) is 5.56 Å². The molecule has 1 heterocycles. The lowest BCUT2D eigenvalue weighted by atomic mass is 10.1. The Morgan fingerprint density at radius 1 is 1.14 bits per heavy atom. The molecule has 0 radical (unpaired) electrons. The third-order valence-corrected chi connectivity index (χ3v) is 3.19. The highest BCUT2D eigenvalue weighted by Gasteiger charge is 2.04. The summed E-state index contributed by atoms with van der Waals surface area (Å²) in [5.41, 5.74) is 1.61. The monoisotopic (exact) mass is 301 g/mol. The van der Waals surface area contributed by atoms with Gasteiger partial charge in [0.15, 0.2) is 0 Å². The van der Waals surface area contributed by atoms with E-state index in [1.54, 1.807) is 30.5 Å². The maximum atomic E-state index is 12.8. The van der Waals surface area contributed by atoms with E-state index in [0.29, 0.717) is 24.5 Å². The second-order valence-electron chi connectivity index (χ2n) is 4.99. The molecule has 1 aromatic carbocycles. The zero-order chi connectivity index (χ0) is 15.8. The van der Waals surface area contributed by atoms with Gasteiger partial charge >= 0.3 is 0 Å². The molecule has 4 nitrogen and oxygen atoms in total. The summed E-state index contributed by atoms with van der Waals surface area (Å²) < 4.78 is 12.8. The predicted molar refractivity (Wildman–Crippen MR) is 85.5 cm³/mol. The second kappa shape index (κ2) is 8.12. The number of benzene rings is 1. The molecule has 1 aromatic heterocycles. The summed E-state index contributed by atoms with van der Waals surface area (Å²) in [7, 11) is 0. The summed E-state index contributed by atoms with van der Waals surface area (Å²) in [6.45, 7) is 3.36. The molecule has 22 heavy (non-hydrogen) atoms. The Morgan fingerprint density at radius 2 is 1.91 bits per heavy atom. The van der Waals surface area contributed by atoms with Crippen LogP contribution in [0.2, 0.25) is 0 Å². The lowest BCUT2D eigenvalue weighted by Crippen LogP contribution is -2.24. The van der Waals surface area contributed by atoms with Crippen LogP contribution in [0.3, 0.4) is 0 Å². The molecule has 2 aromatic rings. The molecule has 2 N–H and O–H groups in total. The van der Waals surface area contributed by atoms with Gasteiger partial charge in [-0.15, -0.1) is 0 Å². The van der Waals surface area contributed by atoms with Gasteiger partial charge < -0.3 is 10.6 Å². The lowest BCUT2D eigenvalue weighted by Gasteiger charge is -2.07. The van der Waals surface area contributed by atoms with Gasteiger partial charge in [-0.25, -0.2) is 9.37 Å². The zero-order valence-electron chi connectivity index (χ0n) is 12.6. The number of amides is 1. The van der Waals surface area contributed by atoms with Crippen molar-refractivity contribution >= 4 is 11.7 Å². The van der Waals surface area contributed by atoms with Gasteiger partial charge in [0.25, 0.3) is 5.91 Å². The largest absolute Gasteiger partial charge is 0.370 e. The van der Waals surface area contributed by atoms with Crippen LogP contribution >= 0.6 is 0 Å². The number of carbonyl (C=O) groups excluding carboxylic acids is 1. The molecular formula is C17H20FN3O. The van der Waals surface area contributed by atoms with Gasteiger partial charge in [-0.05, 0) is 42.7 Å². The number of halogens is 1. The fraction of sp³-hybridized carbons (Fsp3) is 0.294. The number of pyridine rings is 1. The Morgan fingerprint density at radius 3 is 2.55 bits per heavy atom. The van der Waals surface area contributed by atoms with E-state index in [4.69, 9.17) is 0 Å². The molecule has 0 fully saturated rings. The molecule has 0 aliphatic heterocycles. The molecule has 0 saturated heterocycles. The fourth-order valence-corrected chi connectivity index (χ4v) is 1.96. The van der Waals surface area contributed by atoms with Crippen molar-refractivity contribution in [2.75, 3.05) is 18.4 Å². The molecule has 0 atom stereocenters. The predicted octanol–water partition coefficient (Wildman–Crippen LogP) is 3.02. The van der Waals surface area contributed by atoms with Gasteiger partial charge in [0.2, 0.25) is 0 Å². The van der Waals surface area contributed by atoms with Crippen LogP contribution in [0.4, 0.5) is 10.2 Å². The summed E-state index contributed by atoms with van der Waals surface area (Å²) in [6.07, 6.45) is 3.24. The van der Waals surface area contributed by atoms with Crippen molar-refractivity contribution in [3.8, 4) is 0 Å². The topological polar surface area (TPSA) is 54.0 Å². The maximum Gasteiger partial charge on any atom is 0.252 e. The molecule has 0 aliphatic rings. The minimum absolute atomic E-state index is 0.104. The van der Waals surface area contributed by atoms with Crippen LogP contribution in [0.1, 0.15) is 29.3 Å². The Bertz CT molecular complexity index is 596. The van der Waals surface area contributed by atoms with Crippen molar-refractivity contribution < 1.29 is 9.18 Å². The SMILES string of the molecule is CCCNC(=O)c1ccc(NCCc2ccc(F)cc2)nc1. The first-order chi connectivity index (χ1) is 10.7. The molecular weight excluding hydrogens is 281 g/mol. The van der Waals surface area contributed by atoms with Crippen LogP contribution in [-0.2, 0) is 6.42 Å². The van der Waals surface area contributed by atoms with Crippen molar-refractivity contribution in [2.24, 2.45) is 0 Å². The van der Waals surface area contributed by atoms with Gasteiger partial charge in [-0.2, -0.15) is 0 Å². The zero-order valence-corrected chi connectivity index (χ0v) is 12.6. The molecule has 1 amide bonds. The highest BCUT2D eigenvalue weighted by atomic mass is 19.1. The molecule has 5 heteroatoms. The molecule has 0 spiro atoms. The molecule has 116 valence electrons. The van der Waals surface area contributed by atoms with Crippen LogP contribution in [0, 0.1) is 5.82 Å². The Hall–Kier alpha value is -2.43. The number of nitrogens with zero attached hydrogens (tertiary/aromatic N) is 1. The van der Waals surface area contributed by atoms with Crippen LogP contribution in [0.5, 0.6) is 0 Å². The highest BCUT2D eigenvalue weighted by molar-refractivity contribution is 5.93. The van der Waals surface area contributed by atoms with E-state index in [0.717, 1.165) is 18.4 Å². The second-order valence-corrected chi connectivity index (χ2v) is 4.99. The number of hydrogen-bond acceptors (Lipinski definition) is 3. The number of hydrogen-bond donors (Lipinski definition) is 2. The third kappa shape index (κ3) is 4.84. The first-order valence-electron chi connectivity index (χ1n) is 7.41. The van der Waals surface area contributed by atoms with Gasteiger partial charge in [-0.3, -0.25) is 4.79 Å². The van der Waals surface area contributed by atoms with E-state index in [-0.39, 0.29) is 11.7 Å². The van der Waals surface area contributed by atoms with Gasteiger partial charge in [0.1, 0.15) is 11.6 Å². The minimum Gasteiger partial charge on any atom is -0.370 e. The van der Waals surface area contributed by atoms with Gasteiger partial charge in [0, 0.05) is 19.3 Å². The summed E-state index contributed by atoms with van der Waals surface area (Å²) in [4.78, 5) is 16.0. The van der Waals surface area contributed by atoms with E-state index in [1.165, 1.54) is 12.1 Å². The van der Waals surface area contributed by atoms with Crippen molar-refractivity contribution in [3.05, 3.63) is 59.5 Å². The molecule has 0 bridgehead atoms. The Labute approximate surface area is 129 Å². The third-order valence-electron chi connectivity index (χ3n) is 3.19. The van der Waals surface area contributed by atoms with Crippen molar-refractivity contribution in [1.29, 1.82) is 0 Å². The number of rotatable bonds is 7. The molecule has 0 aliphatic carbocycles. The number of aromatic nitrogens is 1. The van der Waals surface area contributed by atoms with Crippen LogP contribution in [0.25, 0.3) is 0 Å². The first-order valence-corrected chi connectivity index (χ1v) is 7.41. The van der Waals surface area contributed by atoms with Crippen LogP contribution in [-0.4, -0.2) is 24.0 Å². The average molecular weight is 301 g/mol. The molecule has 0 unspecified atom stereocenters. The summed E-state index contributed by atoms with van der Waals surface area (Å²) in [5.74, 6) is 0.386. The Kier molecular flexibility index (Phi) is 5.89. The number of carbonyl (C=O) groups is 1. The van der Waals surface area contributed by atoms with E-state index in [9.17, 15) is 9.18 Å². The standard InChI is InChI=1S/C17H20FN3O/c1-2-10-20-17(22)14-5-8-16(21-12-14)19-11-9-13-3-6-15(18)7-4-13/h3-8,12H,2,9-11H2,1H3,(H,19,21)(H,20,22). The smallest absolute Gasteiger partial charge is 0.252 e. The average Bonchev–Trinajstić information content (AvgIpc) is 2.55. The summed E-state index contributed by atoms with van der Waals surface area (Å²) >= 11 is 0. The van der Waals surface area contributed by atoms with Crippen molar-refractivity contribution in [2.45, 2.75) is 19.8 Å². The maximum absolute atomic E-state index is 12.8. The quantitative estimate of drug-likeness (QED) is 0.826. The normalized spacial score (nSPS) is 10.3. The number of nitrogens with one attached hydrogen (secondary N) is 2. The minimum atomic E-state index is -0.227. The number of anilines is 1. The molecule has 2 rings (SSSR count). The van der Waals surface area contributed by atoms with E-state index < -0.39 is 0 Å². The molecule has 0 saturated carbocycles. The summed E-state index contributed by atoms with van der Waals surface area (Å²) in [6, 6.07) is 9.98. The Balaban J connectivity index is 1.81. The lowest BCUT2D eigenvalue weighted by molar-refractivity contribution is 0.0953. The first kappa shape index (κ1) is 15.9. The van der Waals surface area contributed by atoms with E-state index in [1.807, 2.05) is 6.92 Å². The van der Waals surface area contributed by atoms with Crippen LogP contribution in [0.15, 0.2) is 42.6 Å². The van der Waals surface area contributed by atoms with Gasteiger partial charge in [-0.1, -0.05) is 19.1 Å². The van der Waals surface area contributed by atoms with Crippen molar-refractivity contribution in [1.82, 2.24) is 10.3 Å². The fourth-order valence-electron chi connectivity index (χ4n) is 1.96. The summed E-state index contributed by atoms with van der Waals surface area (Å²) in [5, 5.41) is 5.99. The highest BCUT2D eigenvalue weighted by Crippen LogP contribution is 2.07. The van der Waals surface area contributed by atoms with Crippen LogP contribution < -0.4 is 10.6 Å². The van der Waals surface area contributed by atoms with Crippen molar-refractivity contribution in [3.63, 3.8) is 0 Å².